The average molecular weight is 287 g/mol. The number of urea groups is 1. The topological polar surface area (TPSA) is 76.7 Å². The molecule has 0 unspecified atom stereocenters. The molecule has 2 aromatic rings. The molecule has 2 aromatic carbocycles. The molecule has 0 saturated carbocycles. The Morgan fingerprint density at radius 2 is 1.90 bits per heavy atom. The highest BCUT2D eigenvalue weighted by atomic mass is 19.1. The predicted octanol–water partition coefficient (Wildman–Crippen LogP) is 2.93. The molecule has 0 fully saturated rings. The van der Waals surface area contributed by atoms with E-state index in [1.807, 2.05) is 0 Å². The number of amides is 2. The Kier molecular flexibility index (Phi) is 4.50. The zero-order valence-corrected chi connectivity index (χ0v) is 11.3. The van der Waals surface area contributed by atoms with Crippen molar-refractivity contribution in [3.63, 3.8) is 0 Å². The smallest absolute Gasteiger partial charge is 0.332 e. The van der Waals surface area contributed by atoms with Gasteiger partial charge >= 0.3 is 6.03 Å². The molecule has 5 nitrogen and oxygen atoms in total. The summed E-state index contributed by atoms with van der Waals surface area (Å²) in [7, 11) is 0. The summed E-state index contributed by atoms with van der Waals surface area (Å²) in [6, 6.07) is 10.8. The van der Waals surface area contributed by atoms with Crippen LogP contribution in [-0.2, 0) is 0 Å². The third-order valence-electron chi connectivity index (χ3n) is 2.63. The van der Waals surface area contributed by atoms with Crippen molar-refractivity contribution < 1.29 is 13.9 Å². The number of aryl methyl sites for hydroxylation is 1. The molecular weight excluding hydrogens is 273 g/mol. The van der Waals surface area contributed by atoms with E-state index in [0.29, 0.717) is 17.1 Å². The number of hydrazone groups is 1. The molecule has 0 aromatic heterocycles. The van der Waals surface area contributed by atoms with Gasteiger partial charge in [-0.3, -0.25) is 0 Å². The van der Waals surface area contributed by atoms with Crippen LogP contribution < -0.4 is 15.9 Å². The lowest BCUT2D eigenvalue weighted by atomic mass is 10.2. The minimum absolute atomic E-state index is 0.268. The highest BCUT2D eigenvalue weighted by molar-refractivity contribution is 5.81. The van der Waals surface area contributed by atoms with Crippen molar-refractivity contribution in [2.75, 3.05) is 0 Å². The average Bonchev–Trinajstić information content (AvgIpc) is 2.44. The molecule has 2 rings (SSSR count). The summed E-state index contributed by atoms with van der Waals surface area (Å²) in [5.74, 6) is 0.905. The lowest BCUT2D eigenvalue weighted by Gasteiger charge is -2.07. The Balaban J connectivity index is 2.03. The number of nitrogens with two attached hydrogens (primary N) is 1. The lowest BCUT2D eigenvalue weighted by Crippen LogP contribution is -2.24. The molecule has 3 N–H and O–H groups in total. The Morgan fingerprint density at radius 1 is 1.24 bits per heavy atom. The van der Waals surface area contributed by atoms with Crippen molar-refractivity contribution in [3.8, 4) is 11.5 Å². The van der Waals surface area contributed by atoms with Crippen LogP contribution in [0, 0.1) is 12.7 Å². The van der Waals surface area contributed by atoms with Crippen molar-refractivity contribution in [1.82, 2.24) is 5.43 Å². The molecule has 0 spiro atoms. The highest BCUT2D eigenvalue weighted by Gasteiger charge is 2.01. The number of benzene rings is 2. The second-order valence-corrected chi connectivity index (χ2v) is 4.32. The summed E-state index contributed by atoms with van der Waals surface area (Å²) in [5, 5.41) is 3.64. The van der Waals surface area contributed by atoms with Crippen LogP contribution in [-0.4, -0.2) is 12.2 Å². The van der Waals surface area contributed by atoms with Gasteiger partial charge < -0.3 is 10.5 Å². The van der Waals surface area contributed by atoms with Gasteiger partial charge in [0.05, 0.1) is 6.21 Å². The third kappa shape index (κ3) is 4.31. The normalized spacial score (nSPS) is 10.6. The molecule has 0 aliphatic carbocycles. The van der Waals surface area contributed by atoms with Crippen molar-refractivity contribution >= 4 is 12.2 Å². The van der Waals surface area contributed by atoms with Crippen molar-refractivity contribution in [3.05, 3.63) is 59.4 Å². The van der Waals surface area contributed by atoms with E-state index in [2.05, 4.69) is 10.5 Å². The van der Waals surface area contributed by atoms with Crippen LogP contribution in [0.25, 0.3) is 0 Å². The van der Waals surface area contributed by atoms with Crippen LogP contribution >= 0.6 is 0 Å². The minimum Gasteiger partial charge on any atom is -0.457 e. The van der Waals surface area contributed by atoms with Crippen LogP contribution in [0.5, 0.6) is 11.5 Å². The molecule has 6 heteroatoms. The lowest BCUT2D eigenvalue weighted by molar-refractivity contribution is 0.249. The fourth-order valence-electron chi connectivity index (χ4n) is 1.61. The zero-order chi connectivity index (χ0) is 15.2. The number of nitrogens with one attached hydrogen (secondary N) is 1. The SMILES string of the molecule is Cc1cc(Oc2ccc(/C=N/NC(N)=O)cc2)ccc1F. The van der Waals surface area contributed by atoms with Gasteiger partial charge in [-0.1, -0.05) is 0 Å². The van der Waals surface area contributed by atoms with Crippen LogP contribution in [0.2, 0.25) is 0 Å². The number of carbonyl (C=O) groups excluding carboxylic acids is 1. The summed E-state index contributed by atoms with van der Waals surface area (Å²) in [5.41, 5.74) is 8.27. The van der Waals surface area contributed by atoms with E-state index in [1.165, 1.54) is 12.3 Å². The first kappa shape index (κ1) is 14.5. The first-order chi connectivity index (χ1) is 10.0. The number of hydrogen-bond acceptors (Lipinski definition) is 3. The maximum absolute atomic E-state index is 13.2. The summed E-state index contributed by atoms with van der Waals surface area (Å²) < 4.78 is 18.8. The van der Waals surface area contributed by atoms with Gasteiger partial charge in [-0.15, -0.1) is 0 Å². The van der Waals surface area contributed by atoms with E-state index in [-0.39, 0.29) is 5.82 Å². The first-order valence-electron chi connectivity index (χ1n) is 6.17. The van der Waals surface area contributed by atoms with Gasteiger partial charge in [0.15, 0.2) is 0 Å². The number of primary amides is 1. The number of halogens is 1. The van der Waals surface area contributed by atoms with Crippen LogP contribution in [0.1, 0.15) is 11.1 Å². The largest absolute Gasteiger partial charge is 0.457 e. The van der Waals surface area contributed by atoms with Gasteiger partial charge in [-0.25, -0.2) is 14.6 Å². The zero-order valence-electron chi connectivity index (χ0n) is 11.3. The van der Waals surface area contributed by atoms with Crippen molar-refractivity contribution in [2.24, 2.45) is 10.8 Å². The molecule has 0 aliphatic heterocycles. The molecule has 0 atom stereocenters. The predicted molar refractivity (Wildman–Crippen MR) is 78.0 cm³/mol. The molecule has 0 heterocycles. The number of hydrogen-bond donors (Lipinski definition) is 2. The Hall–Kier alpha value is -2.89. The van der Waals surface area contributed by atoms with E-state index >= 15 is 0 Å². The minimum atomic E-state index is -0.724. The van der Waals surface area contributed by atoms with Gasteiger partial charge in [0.2, 0.25) is 0 Å². The number of carbonyl (C=O) groups is 1. The fraction of sp³-hybridized carbons (Fsp3) is 0.0667. The molecule has 0 bridgehead atoms. The standard InChI is InChI=1S/C15H14FN3O2/c1-10-8-13(6-7-14(10)16)21-12-4-2-11(3-5-12)9-18-19-15(17)20/h2-9H,1H3,(H3,17,19,20)/b18-9+. The summed E-state index contributed by atoms with van der Waals surface area (Å²) >= 11 is 0. The van der Waals surface area contributed by atoms with E-state index in [4.69, 9.17) is 10.5 Å². The van der Waals surface area contributed by atoms with Gasteiger partial charge in [0, 0.05) is 0 Å². The Bertz CT molecular complexity index is 669. The van der Waals surface area contributed by atoms with E-state index in [9.17, 15) is 9.18 Å². The van der Waals surface area contributed by atoms with Crippen molar-refractivity contribution in [1.29, 1.82) is 0 Å². The number of nitrogens with zero attached hydrogens (tertiary/aromatic N) is 1. The van der Waals surface area contributed by atoms with E-state index < -0.39 is 6.03 Å². The van der Waals surface area contributed by atoms with Crippen molar-refractivity contribution in [2.45, 2.75) is 6.92 Å². The summed E-state index contributed by atoms with van der Waals surface area (Å²) in [4.78, 5) is 10.4. The van der Waals surface area contributed by atoms with E-state index in [0.717, 1.165) is 5.56 Å². The highest BCUT2D eigenvalue weighted by Crippen LogP contribution is 2.23. The molecule has 0 saturated heterocycles. The summed E-state index contributed by atoms with van der Waals surface area (Å²) in [6.45, 7) is 1.67. The Labute approximate surface area is 121 Å². The van der Waals surface area contributed by atoms with Crippen LogP contribution in [0.4, 0.5) is 9.18 Å². The molecule has 2 amide bonds. The molecule has 0 aliphatic rings. The number of rotatable bonds is 4. The third-order valence-corrected chi connectivity index (χ3v) is 2.63. The van der Waals surface area contributed by atoms with Gasteiger partial charge in [-0.05, 0) is 60.5 Å². The van der Waals surface area contributed by atoms with Gasteiger partial charge in [-0.2, -0.15) is 5.10 Å². The molecule has 108 valence electrons. The maximum atomic E-state index is 13.2. The molecule has 21 heavy (non-hydrogen) atoms. The monoisotopic (exact) mass is 287 g/mol. The fourth-order valence-corrected chi connectivity index (χ4v) is 1.61. The maximum Gasteiger partial charge on any atom is 0.332 e. The van der Waals surface area contributed by atoms with Gasteiger partial charge in [0.25, 0.3) is 0 Å². The summed E-state index contributed by atoms with van der Waals surface area (Å²) in [6.07, 6.45) is 1.45. The van der Waals surface area contributed by atoms with Crippen LogP contribution in [0.15, 0.2) is 47.6 Å². The van der Waals surface area contributed by atoms with E-state index in [1.54, 1.807) is 43.3 Å². The van der Waals surface area contributed by atoms with Gasteiger partial charge in [0.1, 0.15) is 17.3 Å². The second-order valence-electron chi connectivity index (χ2n) is 4.32. The Morgan fingerprint density at radius 3 is 2.52 bits per heavy atom. The van der Waals surface area contributed by atoms with Crippen LogP contribution in [0.3, 0.4) is 0 Å². The number of ether oxygens (including phenoxy) is 1. The molecular formula is C15H14FN3O2. The second kappa shape index (κ2) is 6.51. The quantitative estimate of drug-likeness (QED) is 0.670. The molecule has 0 radical (unpaired) electrons. The first-order valence-corrected chi connectivity index (χ1v) is 6.17.